The molecule has 0 aliphatic rings. The van der Waals surface area contributed by atoms with Gasteiger partial charge in [0.1, 0.15) is 11.3 Å². The first-order chi connectivity index (χ1) is 10.2. The number of pyridine rings is 1. The molecule has 2 heterocycles. The Kier molecular flexibility index (Phi) is 3.35. The van der Waals surface area contributed by atoms with E-state index in [1.54, 1.807) is 19.4 Å². The van der Waals surface area contributed by atoms with Crippen LogP contribution in [0.2, 0.25) is 0 Å². The van der Waals surface area contributed by atoms with E-state index in [-0.39, 0.29) is 5.88 Å². The van der Waals surface area contributed by atoms with E-state index >= 15 is 0 Å². The molecule has 3 aromatic rings. The van der Waals surface area contributed by atoms with Crippen LogP contribution >= 0.6 is 0 Å². The monoisotopic (exact) mass is 285 g/mol. The number of methoxy groups -OCH3 is 2. The Balaban J connectivity index is 2.26. The molecule has 0 aliphatic heterocycles. The highest BCUT2D eigenvalue weighted by Crippen LogP contribution is 2.32. The van der Waals surface area contributed by atoms with Gasteiger partial charge in [0, 0.05) is 17.1 Å². The lowest BCUT2D eigenvalue weighted by atomic mass is 10.1. The van der Waals surface area contributed by atoms with Crippen LogP contribution in [-0.4, -0.2) is 29.2 Å². The molecule has 0 bridgehead atoms. The number of halogens is 1. The zero-order valence-corrected chi connectivity index (χ0v) is 11.5. The SMILES string of the molecule is COc1nc(-c2ccc(OC)c3ncccc23)ncc1F. The van der Waals surface area contributed by atoms with Crippen LogP contribution < -0.4 is 9.47 Å². The molecular formula is C15H12FN3O2. The van der Waals surface area contributed by atoms with Crippen LogP contribution in [0.15, 0.2) is 36.7 Å². The number of benzene rings is 1. The van der Waals surface area contributed by atoms with E-state index in [0.717, 1.165) is 17.1 Å². The average Bonchev–Trinajstić information content (AvgIpc) is 2.54. The van der Waals surface area contributed by atoms with Crippen LogP contribution in [0.25, 0.3) is 22.3 Å². The second-order valence-corrected chi connectivity index (χ2v) is 4.27. The van der Waals surface area contributed by atoms with Crippen LogP contribution in [0.1, 0.15) is 0 Å². The first-order valence-electron chi connectivity index (χ1n) is 6.23. The van der Waals surface area contributed by atoms with Crippen LogP contribution in [0.3, 0.4) is 0 Å². The maximum Gasteiger partial charge on any atom is 0.253 e. The molecule has 0 unspecified atom stereocenters. The van der Waals surface area contributed by atoms with Gasteiger partial charge in [-0.3, -0.25) is 4.98 Å². The molecule has 0 N–H and O–H groups in total. The summed E-state index contributed by atoms with van der Waals surface area (Å²) in [6.45, 7) is 0. The van der Waals surface area contributed by atoms with E-state index in [9.17, 15) is 4.39 Å². The summed E-state index contributed by atoms with van der Waals surface area (Å²) in [5, 5.41) is 0.825. The predicted molar refractivity (Wildman–Crippen MR) is 75.8 cm³/mol. The number of aromatic nitrogens is 3. The third kappa shape index (κ3) is 2.24. The predicted octanol–water partition coefficient (Wildman–Crippen LogP) is 2.85. The van der Waals surface area contributed by atoms with Crippen molar-refractivity contribution < 1.29 is 13.9 Å². The molecule has 0 fully saturated rings. The highest BCUT2D eigenvalue weighted by Gasteiger charge is 2.13. The Morgan fingerprint density at radius 3 is 2.67 bits per heavy atom. The summed E-state index contributed by atoms with van der Waals surface area (Å²) < 4.78 is 23.6. The van der Waals surface area contributed by atoms with Crippen molar-refractivity contribution in [3.8, 4) is 23.0 Å². The summed E-state index contributed by atoms with van der Waals surface area (Å²) in [6, 6.07) is 7.30. The summed E-state index contributed by atoms with van der Waals surface area (Å²) in [7, 11) is 2.95. The first kappa shape index (κ1) is 13.2. The Hall–Kier alpha value is -2.76. The molecule has 1 aromatic carbocycles. The summed E-state index contributed by atoms with van der Waals surface area (Å²) in [6.07, 6.45) is 2.77. The van der Waals surface area contributed by atoms with Gasteiger partial charge in [-0.1, -0.05) is 6.07 Å². The highest BCUT2D eigenvalue weighted by atomic mass is 19.1. The third-order valence-electron chi connectivity index (χ3n) is 3.10. The fourth-order valence-electron chi connectivity index (χ4n) is 2.13. The number of hydrogen-bond donors (Lipinski definition) is 0. The molecule has 0 aliphatic carbocycles. The van der Waals surface area contributed by atoms with Crippen molar-refractivity contribution in [2.45, 2.75) is 0 Å². The van der Waals surface area contributed by atoms with E-state index in [1.165, 1.54) is 7.11 Å². The van der Waals surface area contributed by atoms with Gasteiger partial charge in [-0.15, -0.1) is 0 Å². The maximum absolute atomic E-state index is 13.4. The summed E-state index contributed by atoms with van der Waals surface area (Å²) in [4.78, 5) is 12.4. The van der Waals surface area contributed by atoms with Crippen molar-refractivity contribution in [1.29, 1.82) is 0 Å². The zero-order valence-electron chi connectivity index (χ0n) is 11.5. The molecule has 0 atom stereocenters. The van der Waals surface area contributed by atoms with Gasteiger partial charge in [0.15, 0.2) is 5.82 Å². The molecule has 5 nitrogen and oxygen atoms in total. The van der Waals surface area contributed by atoms with Crippen LogP contribution in [0, 0.1) is 5.82 Å². The van der Waals surface area contributed by atoms with Gasteiger partial charge in [-0.25, -0.2) is 4.98 Å². The fraction of sp³-hybridized carbons (Fsp3) is 0.133. The molecule has 0 radical (unpaired) electrons. The van der Waals surface area contributed by atoms with Crippen LogP contribution in [-0.2, 0) is 0 Å². The summed E-state index contributed by atoms with van der Waals surface area (Å²) >= 11 is 0. The summed E-state index contributed by atoms with van der Waals surface area (Å²) in [5.41, 5.74) is 1.43. The first-order valence-corrected chi connectivity index (χ1v) is 6.23. The number of rotatable bonds is 3. The summed E-state index contributed by atoms with van der Waals surface area (Å²) in [5.74, 6) is 0.336. The fourth-order valence-corrected chi connectivity index (χ4v) is 2.13. The van der Waals surface area contributed by atoms with E-state index < -0.39 is 5.82 Å². The van der Waals surface area contributed by atoms with Crippen LogP contribution in [0.4, 0.5) is 4.39 Å². The van der Waals surface area contributed by atoms with Gasteiger partial charge in [0.2, 0.25) is 5.82 Å². The third-order valence-corrected chi connectivity index (χ3v) is 3.10. The molecule has 6 heteroatoms. The van der Waals surface area contributed by atoms with Gasteiger partial charge >= 0.3 is 0 Å². The van der Waals surface area contributed by atoms with Crippen molar-refractivity contribution in [2.24, 2.45) is 0 Å². The Labute approximate surface area is 120 Å². The van der Waals surface area contributed by atoms with Gasteiger partial charge in [-0.05, 0) is 18.2 Å². The molecule has 21 heavy (non-hydrogen) atoms. The molecular weight excluding hydrogens is 273 g/mol. The van der Waals surface area contributed by atoms with E-state index in [1.807, 2.05) is 18.2 Å². The van der Waals surface area contributed by atoms with Crippen LogP contribution in [0.5, 0.6) is 11.6 Å². The molecule has 106 valence electrons. The minimum atomic E-state index is -0.600. The van der Waals surface area contributed by atoms with E-state index in [2.05, 4.69) is 15.0 Å². The van der Waals surface area contributed by atoms with Crippen molar-refractivity contribution >= 4 is 10.9 Å². The van der Waals surface area contributed by atoms with Gasteiger partial charge < -0.3 is 9.47 Å². The average molecular weight is 285 g/mol. The van der Waals surface area contributed by atoms with Gasteiger partial charge in [0.05, 0.1) is 20.4 Å². The van der Waals surface area contributed by atoms with Crippen molar-refractivity contribution in [3.05, 3.63) is 42.5 Å². The topological polar surface area (TPSA) is 57.1 Å². The molecule has 0 saturated heterocycles. The Morgan fingerprint density at radius 1 is 1.05 bits per heavy atom. The van der Waals surface area contributed by atoms with Gasteiger partial charge in [0.25, 0.3) is 5.88 Å². The number of ether oxygens (including phenoxy) is 2. The zero-order chi connectivity index (χ0) is 14.8. The lowest BCUT2D eigenvalue weighted by Crippen LogP contribution is -1.98. The van der Waals surface area contributed by atoms with E-state index in [4.69, 9.17) is 9.47 Å². The minimum absolute atomic E-state index is 0.0899. The molecule has 0 saturated carbocycles. The Morgan fingerprint density at radius 2 is 1.90 bits per heavy atom. The van der Waals surface area contributed by atoms with Crippen molar-refractivity contribution in [1.82, 2.24) is 15.0 Å². The number of hydrogen-bond acceptors (Lipinski definition) is 5. The molecule has 0 spiro atoms. The Bertz CT molecular complexity index is 808. The van der Waals surface area contributed by atoms with Crippen molar-refractivity contribution in [2.75, 3.05) is 14.2 Å². The lowest BCUT2D eigenvalue weighted by molar-refractivity contribution is 0.367. The highest BCUT2D eigenvalue weighted by molar-refractivity contribution is 5.96. The second-order valence-electron chi connectivity index (χ2n) is 4.27. The van der Waals surface area contributed by atoms with E-state index in [0.29, 0.717) is 17.1 Å². The molecule has 2 aromatic heterocycles. The molecule has 0 amide bonds. The quantitative estimate of drug-likeness (QED) is 0.740. The lowest BCUT2D eigenvalue weighted by Gasteiger charge is -2.09. The standard InChI is InChI=1S/C15H12FN3O2/c1-20-12-6-5-10(9-4-3-7-17-13(9)12)14-18-8-11(16)15(19-14)21-2/h3-8H,1-2H3. The molecule has 3 rings (SSSR count). The van der Waals surface area contributed by atoms with Crippen molar-refractivity contribution in [3.63, 3.8) is 0 Å². The number of nitrogens with zero attached hydrogens (tertiary/aromatic N) is 3. The van der Waals surface area contributed by atoms with Gasteiger partial charge in [-0.2, -0.15) is 9.37 Å². The maximum atomic E-state index is 13.4. The normalized spacial score (nSPS) is 10.6. The largest absolute Gasteiger partial charge is 0.494 e. The second kappa shape index (κ2) is 5.32. The number of fused-ring (bicyclic) bond motifs is 1. The minimum Gasteiger partial charge on any atom is -0.494 e. The smallest absolute Gasteiger partial charge is 0.253 e.